The van der Waals surface area contributed by atoms with Gasteiger partial charge in [-0.25, -0.2) is 8.42 Å². The summed E-state index contributed by atoms with van der Waals surface area (Å²) in [7, 11) is -3.57. The van der Waals surface area contributed by atoms with E-state index < -0.39 is 15.8 Å². The predicted octanol–water partition coefficient (Wildman–Crippen LogP) is 2.33. The molecule has 0 aliphatic rings. The van der Waals surface area contributed by atoms with Gasteiger partial charge in [0.1, 0.15) is 0 Å². The summed E-state index contributed by atoms with van der Waals surface area (Å²) in [6.45, 7) is 3.62. The van der Waals surface area contributed by atoms with Crippen molar-refractivity contribution in [1.82, 2.24) is 0 Å². The normalized spacial score (nSPS) is 10.9. The minimum absolute atomic E-state index is 0.540. The lowest BCUT2D eigenvalue weighted by atomic mass is 10.1. The van der Waals surface area contributed by atoms with Crippen LogP contribution in [0.1, 0.15) is 11.1 Å². The molecule has 1 aromatic rings. The molecule has 0 aliphatic carbocycles. The summed E-state index contributed by atoms with van der Waals surface area (Å²) >= 11 is 3.33. The molecule has 1 aromatic carbocycles. The van der Waals surface area contributed by atoms with E-state index in [0.717, 1.165) is 15.6 Å². The molecule has 1 N–H and O–H groups in total. The van der Waals surface area contributed by atoms with Gasteiger partial charge in [0.15, 0.2) is 5.75 Å². The third kappa shape index (κ3) is 3.22. The van der Waals surface area contributed by atoms with Crippen molar-refractivity contribution in [3.63, 3.8) is 0 Å². The molecule has 0 atom stereocenters. The Morgan fingerprint density at radius 1 is 1.38 bits per heavy atom. The van der Waals surface area contributed by atoms with Crippen LogP contribution in [0.15, 0.2) is 16.6 Å². The molecule has 0 saturated heterocycles. The van der Waals surface area contributed by atoms with Gasteiger partial charge in [-0.2, -0.15) is 5.26 Å². The molecule has 16 heavy (non-hydrogen) atoms. The standard InChI is InChI=1S/C10H11BrN2O2S/c1-7-5-9(11)6-8(2)10(7)13-16(14,15)4-3-12/h5-6,13H,4H2,1-2H3. The third-order valence-electron chi connectivity index (χ3n) is 2.01. The van der Waals surface area contributed by atoms with Gasteiger partial charge in [-0.05, 0) is 37.1 Å². The first-order valence-corrected chi connectivity index (χ1v) is 6.94. The summed E-state index contributed by atoms with van der Waals surface area (Å²) < 4.78 is 26.2. The molecule has 0 radical (unpaired) electrons. The number of nitrogens with one attached hydrogen (secondary N) is 1. The fraction of sp³-hybridized carbons (Fsp3) is 0.300. The van der Waals surface area contributed by atoms with Crippen molar-refractivity contribution in [2.24, 2.45) is 0 Å². The maximum absolute atomic E-state index is 11.4. The van der Waals surface area contributed by atoms with E-state index >= 15 is 0 Å². The van der Waals surface area contributed by atoms with E-state index in [-0.39, 0.29) is 0 Å². The number of anilines is 1. The quantitative estimate of drug-likeness (QED) is 0.931. The second-order valence-electron chi connectivity index (χ2n) is 3.43. The van der Waals surface area contributed by atoms with E-state index in [2.05, 4.69) is 20.7 Å². The van der Waals surface area contributed by atoms with Gasteiger partial charge in [0.25, 0.3) is 0 Å². The van der Waals surface area contributed by atoms with Crippen molar-refractivity contribution in [3.8, 4) is 6.07 Å². The molecule has 0 unspecified atom stereocenters. The van der Waals surface area contributed by atoms with Crippen LogP contribution >= 0.6 is 15.9 Å². The summed E-state index contributed by atoms with van der Waals surface area (Å²) in [6.07, 6.45) is 0. The lowest BCUT2D eigenvalue weighted by molar-refractivity contribution is 0.604. The Bertz CT molecular complexity index is 523. The van der Waals surface area contributed by atoms with E-state index in [9.17, 15) is 8.42 Å². The summed E-state index contributed by atoms with van der Waals surface area (Å²) in [4.78, 5) is 0. The van der Waals surface area contributed by atoms with Crippen LogP contribution in [0, 0.1) is 25.2 Å². The van der Waals surface area contributed by atoms with Crippen LogP contribution in [0.2, 0.25) is 0 Å². The topological polar surface area (TPSA) is 70.0 Å². The summed E-state index contributed by atoms with van der Waals surface area (Å²) in [6, 6.07) is 5.25. The summed E-state index contributed by atoms with van der Waals surface area (Å²) in [5, 5.41) is 8.39. The smallest absolute Gasteiger partial charge is 0.246 e. The number of hydrogen-bond donors (Lipinski definition) is 1. The monoisotopic (exact) mass is 302 g/mol. The van der Waals surface area contributed by atoms with E-state index in [1.807, 2.05) is 26.0 Å². The number of aryl methyl sites for hydroxylation is 2. The van der Waals surface area contributed by atoms with Crippen molar-refractivity contribution < 1.29 is 8.42 Å². The van der Waals surface area contributed by atoms with E-state index in [1.54, 1.807) is 6.07 Å². The molecule has 0 spiro atoms. The number of halogens is 1. The van der Waals surface area contributed by atoms with E-state index in [4.69, 9.17) is 5.26 Å². The molecule has 0 heterocycles. The fourth-order valence-electron chi connectivity index (χ4n) is 1.35. The van der Waals surface area contributed by atoms with Gasteiger partial charge in [0.2, 0.25) is 10.0 Å². The zero-order valence-corrected chi connectivity index (χ0v) is 11.3. The van der Waals surface area contributed by atoms with Crippen molar-refractivity contribution in [2.45, 2.75) is 13.8 Å². The first-order valence-electron chi connectivity index (χ1n) is 4.50. The van der Waals surface area contributed by atoms with Crippen LogP contribution in [0.25, 0.3) is 0 Å². The fourth-order valence-corrected chi connectivity index (χ4v) is 2.91. The summed E-state index contributed by atoms with van der Waals surface area (Å²) in [5.74, 6) is -0.540. The molecule has 0 aliphatic heterocycles. The lowest BCUT2D eigenvalue weighted by Crippen LogP contribution is -2.17. The Morgan fingerprint density at radius 2 is 1.88 bits per heavy atom. The Kier molecular flexibility index (Phi) is 3.94. The highest BCUT2D eigenvalue weighted by molar-refractivity contribution is 9.10. The number of hydrogen-bond acceptors (Lipinski definition) is 3. The molecule has 0 fully saturated rings. The van der Waals surface area contributed by atoms with Crippen LogP contribution in [0.3, 0.4) is 0 Å². The van der Waals surface area contributed by atoms with Crippen LogP contribution in [0.5, 0.6) is 0 Å². The van der Waals surface area contributed by atoms with Crippen molar-refractivity contribution >= 4 is 31.6 Å². The largest absolute Gasteiger partial charge is 0.282 e. The second kappa shape index (κ2) is 4.85. The zero-order chi connectivity index (χ0) is 12.3. The summed E-state index contributed by atoms with van der Waals surface area (Å²) in [5.41, 5.74) is 2.17. The van der Waals surface area contributed by atoms with Crippen LogP contribution < -0.4 is 4.72 Å². The van der Waals surface area contributed by atoms with Crippen molar-refractivity contribution in [2.75, 3.05) is 10.5 Å². The van der Waals surface area contributed by atoms with Crippen molar-refractivity contribution in [1.29, 1.82) is 5.26 Å². The second-order valence-corrected chi connectivity index (χ2v) is 6.07. The predicted molar refractivity (Wildman–Crippen MR) is 66.6 cm³/mol. The minimum Gasteiger partial charge on any atom is -0.282 e. The molecule has 0 saturated carbocycles. The van der Waals surface area contributed by atoms with Gasteiger partial charge >= 0.3 is 0 Å². The molecular formula is C10H11BrN2O2S. The average Bonchev–Trinajstić information content (AvgIpc) is 2.11. The van der Waals surface area contributed by atoms with Gasteiger partial charge in [0, 0.05) is 4.47 Å². The molecule has 0 aromatic heterocycles. The molecule has 86 valence electrons. The third-order valence-corrected chi connectivity index (χ3v) is 3.49. The van der Waals surface area contributed by atoms with E-state index in [1.165, 1.54) is 0 Å². The number of nitrogens with zero attached hydrogens (tertiary/aromatic N) is 1. The van der Waals surface area contributed by atoms with Gasteiger partial charge in [-0.3, -0.25) is 4.72 Å². The maximum atomic E-state index is 11.4. The number of sulfonamides is 1. The molecule has 0 amide bonds. The first kappa shape index (κ1) is 13.0. The molecule has 4 nitrogen and oxygen atoms in total. The Hall–Kier alpha value is -1.06. The zero-order valence-electron chi connectivity index (χ0n) is 8.91. The van der Waals surface area contributed by atoms with Gasteiger partial charge in [-0.15, -0.1) is 0 Å². The van der Waals surface area contributed by atoms with Crippen LogP contribution in [-0.2, 0) is 10.0 Å². The van der Waals surface area contributed by atoms with E-state index in [0.29, 0.717) is 5.69 Å². The lowest BCUT2D eigenvalue weighted by Gasteiger charge is -2.12. The highest BCUT2D eigenvalue weighted by Gasteiger charge is 2.13. The Labute approximate surface area is 103 Å². The number of benzene rings is 1. The van der Waals surface area contributed by atoms with Crippen LogP contribution in [-0.4, -0.2) is 14.2 Å². The first-order chi connectivity index (χ1) is 7.35. The van der Waals surface area contributed by atoms with Gasteiger partial charge in [0.05, 0.1) is 11.8 Å². The Balaban J connectivity index is 3.13. The van der Waals surface area contributed by atoms with Gasteiger partial charge < -0.3 is 0 Å². The van der Waals surface area contributed by atoms with Crippen molar-refractivity contribution in [3.05, 3.63) is 27.7 Å². The SMILES string of the molecule is Cc1cc(Br)cc(C)c1NS(=O)(=O)CC#N. The molecule has 1 rings (SSSR count). The molecule has 6 heteroatoms. The highest BCUT2D eigenvalue weighted by atomic mass is 79.9. The minimum atomic E-state index is -3.57. The highest BCUT2D eigenvalue weighted by Crippen LogP contribution is 2.25. The van der Waals surface area contributed by atoms with Crippen LogP contribution in [0.4, 0.5) is 5.69 Å². The number of nitriles is 1. The van der Waals surface area contributed by atoms with Gasteiger partial charge in [-0.1, -0.05) is 15.9 Å². The molecule has 0 bridgehead atoms. The maximum Gasteiger partial charge on any atom is 0.246 e. The molecular weight excluding hydrogens is 292 g/mol. The Morgan fingerprint density at radius 3 is 2.31 bits per heavy atom. The average molecular weight is 303 g/mol. The number of rotatable bonds is 3.